The zero-order valence-corrected chi connectivity index (χ0v) is 32.4. The van der Waals surface area contributed by atoms with Gasteiger partial charge >= 0.3 is 11.7 Å². The van der Waals surface area contributed by atoms with Gasteiger partial charge in [-0.3, -0.25) is 23.9 Å². The molecule has 16 heteroatoms. The van der Waals surface area contributed by atoms with Crippen LogP contribution in [0, 0.1) is 5.92 Å². The van der Waals surface area contributed by atoms with Crippen LogP contribution in [0.3, 0.4) is 0 Å². The van der Waals surface area contributed by atoms with Crippen LogP contribution in [0.25, 0.3) is 32.7 Å². The zero-order chi connectivity index (χ0) is 39.6. The van der Waals surface area contributed by atoms with Crippen LogP contribution in [0.15, 0.2) is 64.0 Å². The number of hydrogen-bond acceptors (Lipinski definition) is 10. The van der Waals surface area contributed by atoms with Gasteiger partial charge in [0.25, 0.3) is 5.91 Å². The summed E-state index contributed by atoms with van der Waals surface area (Å²) in [5.41, 5.74) is -2.34. The van der Waals surface area contributed by atoms with Gasteiger partial charge in [0.15, 0.2) is 0 Å². The summed E-state index contributed by atoms with van der Waals surface area (Å²) < 4.78 is 40.8. The number of aromatic nitrogens is 2. The maximum Gasteiger partial charge on any atom is 0.408 e. The van der Waals surface area contributed by atoms with Crippen molar-refractivity contribution < 1.29 is 36.7 Å². The minimum atomic E-state index is -3.93. The van der Waals surface area contributed by atoms with Crippen molar-refractivity contribution in [3.63, 3.8) is 0 Å². The fourth-order valence-corrected chi connectivity index (χ4v) is 9.48. The molecular formula is C40H46N6O9S. The first-order valence-corrected chi connectivity index (χ1v) is 20.9. The summed E-state index contributed by atoms with van der Waals surface area (Å²) in [6.45, 7) is 5.01. The summed E-state index contributed by atoms with van der Waals surface area (Å²) in [5, 5.41) is 12.6. The number of carbonyl (C=O) groups is 4. The quantitative estimate of drug-likeness (QED) is 0.245. The standard InChI is InChI=1S/C40H46N6O9S/c1-39(2,3)55-38(51)42-29-14-8-6-4-5-7-12-24-20-40(24,37(50)44-56(52,53)26-16-17-26)43-34(47)30-19-25(22-45(30)35(29)48)46-36(49)33-28(21-41-46)32-27-13-10-9-11-23(27)15-18-31(32)54-33/h7,9-13,15,18,21,24-26,29-30H,4-6,8,14,16-17,19-20,22H2,1-3H3,(H,42,51)(H,43,47)(H,44,50)/b12-7-/t24-,25?,29+,30+,40?/m1/s1. The smallest absolute Gasteiger partial charge is 0.408 e. The van der Waals surface area contributed by atoms with Gasteiger partial charge in [0, 0.05) is 24.3 Å². The van der Waals surface area contributed by atoms with Gasteiger partial charge in [0.2, 0.25) is 27.4 Å². The lowest BCUT2D eigenvalue weighted by atomic mass is 10.0. The minimum absolute atomic E-state index is 0.0586. The second-order valence-corrected chi connectivity index (χ2v) is 18.5. The molecule has 2 aromatic carbocycles. The molecule has 3 N–H and O–H groups in total. The molecule has 5 atom stereocenters. The van der Waals surface area contributed by atoms with Gasteiger partial charge in [0.05, 0.1) is 22.9 Å². The Morgan fingerprint density at radius 1 is 1.02 bits per heavy atom. The molecule has 2 aliphatic heterocycles. The Kier molecular flexibility index (Phi) is 9.45. The summed E-state index contributed by atoms with van der Waals surface area (Å²) in [6.07, 6.45) is 8.57. The van der Waals surface area contributed by atoms with Gasteiger partial charge in [-0.05, 0) is 76.1 Å². The van der Waals surface area contributed by atoms with Crippen molar-refractivity contribution >= 4 is 66.5 Å². The molecule has 0 spiro atoms. The molecule has 8 rings (SSSR count). The Hall–Kier alpha value is -5.25. The van der Waals surface area contributed by atoms with E-state index in [-0.39, 0.29) is 31.4 Å². The fourth-order valence-electron chi connectivity index (χ4n) is 8.12. The molecule has 15 nitrogen and oxygen atoms in total. The maximum atomic E-state index is 14.6. The third-order valence-electron chi connectivity index (χ3n) is 11.2. The molecule has 4 aliphatic rings. The van der Waals surface area contributed by atoms with E-state index in [0.717, 1.165) is 29.0 Å². The summed E-state index contributed by atoms with van der Waals surface area (Å²) in [5.74, 6) is -2.54. The molecule has 1 saturated heterocycles. The lowest BCUT2D eigenvalue weighted by Gasteiger charge is -2.30. The Morgan fingerprint density at radius 2 is 1.80 bits per heavy atom. The van der Waals surface area contributed by atoms with Crippen LogP contribution in [0.5, 0.6) is 0 Å². The lowest BCUT2D eigenvalue weighted by Crippen LogP contribution is -2.58. The van der Waals surface area contributed by atoms with E-state index in [9.17, 15) is 32.4 Å². The second-order valence-electron chi connectivity index (χ2n) is 16.5. The monoisotopic (exact) mass is 786 g/mol. The van der Waals surface area contributed by atoms with Gasteiger partial charge in [-0.25, -0.2) is 17.9 Å². The van der Waals surface area contributed by atoms with Crippen molar-refractivity contribution in [1.29, 1.82) is 0 Å². The number of fused-ring (bicyclic) bond motifs is 7. The van der Waals surface area contributed by atoms with E-state index in [1.807, 2.05) is 42.5 Å². The van der Waals surface area contributed by atoms with Gasteiger partial charge in [-0.2, -0.15) is 5.10 Å². The molecule has 2 aliphatic carbocycles. The van der Waals surface area contributed by atoms with Crippen LogP contribution in [-0.4, -0.2) is 81.9 Å². The number of ether oxygens (including phenoxy) is 1. The van der Waals surface area contributed by atoms with E-state index in [4.69, 9.17) is 9.15 Å². The highest BCUT2D eigenvalue weighted by molar-refractivity contribution is 7.91. The number of sulfonamides is 1. The molecule has 4 aromatic rings. The van der Waals surface area contributed by atoms with Crippen LogP contribution >= 0.6 is 0 Å². The summed E-state index contributed by atoms with van der Waals surface area (Å²) in [6, 6.07) is 8.38. The third kappa shape index (κ3) is 7.14. The zero-order valence-electron chi connectivity index (χ0n) is 31.6. The van der Waals surface area contributed by atoms with Crippen LogP contribution in [-0.2, 0) is 29.1 Å². The normalized spacial score (nSPS) is 26.8. The molecule has 3 fully saturated rings. The first-order valence-electron chi connectivity index (χ1n) is 19.3. The van der Waals surface area contributed by atoms with Crippen LogP contribution in [0.2, 0.25) is 0 Å². The first-order chi connectivity index (χ1) is 26.6. The second kappa shape index (κ2) is 14.0. The Morgan fingerprint density at radius 3 is 2.57 bits per heavy atom. The van der Waals surface area contributed by atoms with Crippen molar-refractivity contribution in [3.8, 4) is 0 Å². The van der Waals surface area contributed by atoms with E-state index < -0.39 is 79.8 Å². The van der Waals surface area contributed by atoms with Gasteiger partial charge in [-0.1, -0.05) is 55.3 Å². The molecule has 2 unspecified atom stereocenters. The SMILES string of the molecule is CC(C)(C)OC(=O)N[C@H]1CCCCC/C=C\[C@@H]2CC2(C(=O)NS(=O)(=O)C2CC2)NC(=O)[C@@H]2CC(n3ncc4c(oc5ccc6ccccc6c54)c3=O)CN2C1=O. The molecule has 4 heterocycles. The topological polar surface area (TPSA) is 199 Å². The number of benzene rings is 2. The molecule has 296 valence electrons. The van der Waals surface area contributed by atoms with E-state index in [1.54, 1.807) is 33.0 Å². The maximum absolute atomic E-state index is 14.6. The number of carbonyl (C=O) groups excluding carboxylic acids is 4. The Labute approximate surface area is 323 Å². The average molecular weight is 787 g/mol. The molecule has 2 saturated carbocycles. The van der Waals surface area contributed by atoms with Gasteiger partial charge in [0.1, 0.15) is 28.8 Å². The van der Waals surface area contributed by atoms with E-state index >= 15 is 0 Å². The van der Waals surface area contributed by atoms with Crippen LogP contribution in [0.1, 0.15) is 84.6 Å². The average Bonchev–Trinajstić information content (AvgIpc) is 4.03. The molecule has 56 heavy (non-hydrogen) atoms. The van der Waals surface area contributed by atoms with Crippen molar-refractivity contribution in [2.75, 3.05) is 6.54 Å². The largest absolute Gasteiger partial charge is 0.450 e. The Bertz CT molecular complexity index is 2460. The Balaban J connectivity index is 1.16. The van der Waals surface area contributed by atoms with Crippen molar-refractivity contribution in [1.82, 2.24) is 30.0 Å². The van der Waals surface area contributed by atoms with E-state index in [2.05, 4.69) is 20.5 Å². The summed E-state index contributed by atoms with van der Waals surface area (Å²) in [4.78, 5) is 71.4. The summed E-state index contributed by atoms with van der Waals surface area (Å²) in [7, 11) is -3.93. The van der Waals surface area contributed by atoms with Crippen LogP contribution in [0.4, 0.5) is 4.79 Å². The lowest BCUT2D eigenvalue weighted by molar-refractivity contribution is -0.141. The molecular weight excluding hydrogens is 741 g/mol. The number of rotatable bonds is 5. The number of furan rings is 1. The molecule has 0 radical (unpaired) electrons. The molecule has 0 bridgehead atoms. The number of hydrogen-bond donors (Lipinski definition) is 3. The highest BCUT2D eigenvalue weighted by Gasteiger charge is 2.62. The van der Waals surface area contributed by atoms with Crippen molar-refractivity contribution in [2.24, 2.45) is 5.92 Å². The number of allylic oxidation sites excluding steroid dienone is 1. The first kappa shape index (κ1) is 37.7. The number of nitrogens with zero attached hydrogens (tertiary/aromatic N) is 3. The van der Waals surface area contributed by atoms with Gasteiger partial charge < -0.3 is 24.7 Å². The van der Waals surface area contributed by atoms with Gasteiger partial charge in [-0.15, -0.1) is 0 Å². The minimum Gasteiger partial charge on any atom is -0.450 e. The predicted molar refractivity (Wildman–Crippen MR) is 207 cm³/mol. The number of alkyl carbamates (subject to hydrolysis) is 1. The predicted octanol–water partition coefficient (Wildman–Crippen LogP) is 4.33. The number of nitrogens with one attached hydrogen (secondary N) is 3. The van der Waals surface area contributed by atoms with E-state index in [0.29, 0.717) is 36.7 Å². The third-order valence-corrected chi connectivity index (χ3v) is 13.0. The van der Waals surface area contributed by atoms with Crippen molar-refractivity contribution in [3.05, 3.63) is 65.1 Å². The summed E-state index contributed by atoms with van der Waals surface area (Å²) >= 11 is 0. The van der Waals surface area contributed by atoms with E-state index in [1.165, 1.54) is 9.58 Å². The molecule has 2 aromatic heterocycles. The molecule has 4 amide bonds. The highest BCUT2D eigenvalue weighted by atomic mass is 32.2. The fraction of sp³-hybridized carbons (Fsp3) is 0.500. The van der Waals surface area contributed by atoms with Crippen LogP contribution < -0.4 is 20.9 Å². The highest BCUT2D eigenvalue weighted by Crippen LogP contribution is 2.46. The number of amides is 4. The van der Waals surface area contributed by atoms with Crippen molar-refractivity contribution in [2.45, 2.75) is 113 Å².